The molecule has 9 nitrogen and oxygen atoms in total. The Balaban J connectivity index is 1.73. The molecular formula is C18H18Cl2N4O5S. The predicted molar refractivity (Wildman–Crippen MR) is 113 cm³/mol. The molecule has 1 amide bonds. The Bertz CT molecular complexity index is 1090. The van der Waals surface area contributed by atoms with Gasteiger partial charge >= 0.3 is 0 Å². The normalized spacial score (nSPS) is 14.5. The van der Waals surface area contributed by atoms with Crippen LogP contribution in [0.3, 0.4) is 0 Å². The van der Waals surface area contributed by atoms with Gasteiger partial charge in [0.05, 0.1) is 26.3 Å². The first-order valence-electron chi connectivity index (χ1n) is 8.96. The van der Waals surface area contributed by atoms with E-state index in [1.54, 1.807) is 18.2 Å². The predicted octanol–water partition coefficient (Wildman–Crippen LogP) is 3.37. The minimum atomic E-state index is -3.80. The summed E-state index contributed by atoms with van der Waals surface area (Å²) in [5.74, 6) is -0.476. The van der Waals surface area contributed by atoms with Crippen LogP contribution in [0.2, 0.25) is 10.0 Å². The van der Waals surface area contributed by atoms with Gasteiger partial charge in [-0.15, -0.1) is 0 Å². The summed E-state index contributed by atoms with van der Waals surface area (Å²) in [6.45, 7) is 0.780. The molecule has 1 aliphatic heterocycles. The number of halogens is 2. The number of nitrogens with one attached hydrogen (secondary N) is 2. The number of amides is 1. The van der Waals surface area contributed by atoms with Gasteiger partial charge in [-0.2, -0.15) is 4.31 Å². The molecule has 0 atom stereocenters. The SMILES string of the molecule is O=C(Cc1ccc(Cl)c(Cl)c1)NNc1ccc(S(=O)(=O)N2CCCC2)cc1[N+](=O)[O-]. The Morgan fingerprint density at radius 1 is 1.10 bits per heavy atom. The lowest BCUT2D eigenvalue weighted by atomic mass is 10.1. The van der Waals surface area contributed by atoms with Crippen molar-refractivity contribution in [2.45, 2.75) is 24.2 Å². The first-order chi connectivity index (χ1) is 14.2. The third-order valence-electron chi connectivity index (χ3n) is 4.55. The summed E-state index contributed by atoms with van der Waals surface area (Å²) in [6.07, 6.45) is 1.47. The van der Waals surface area contributed by atoms with Crippen LogP contribution in [0, 0.1) is 10.1 Å². The van der Waals surface area contributed by atoms with Crippen LogP contribution < -0.4 is 10.9 Å². The first kappa shape index (κ1) is 22.3. The highest BCUT2D eigenvalue weighted by atomic mass is 35.5. The number of nitro benzene ring substituents is 1. The van der Waals surface area contributed by atoms with E-state index in [1.165, 1.54) is 16.4 Å². The van der Waals surface area contributed by atoms with Gasteiger partial charge in [-0.05, 0) is 42.7 Å². The number of benzene rings is 2. The highest BCUT2D eigenvalue weighted by molar-refractivity contribution is 7.89. The van der Waals surface area contributed by atoms with Crippen LogP contribution in [0.4, 0.5) is 11.4 Å². The standard InChI is InChI=1S/C18H18Cl2N4O5S/c19-14-5-3-12(9-15(14)20)10-18(25)22-21-16-6-4-13(11-17(16)24(26)27)30(28,29)23-7-1-2-8-23/h3-6,9,11,21H,1-2,7-8,10H2,(H,22,25). The lowest BCUT2D eigenvalue weighted by molar-refractivity contribution is -0.384. The second-order valence-electron chi connectivity index (χ2n) is 6.65. The molecule has 0 saturated carbocycles. The Labute approximate surface area is 183 Å². The lowest BCUT2D eigenvalue weighted by Gasteiger charge is -2.16. The zero-order valence-electron chi connectivity index (χ0n) is 15.6. The van der Waals surface area contributed by atoms with Crippen molar-refractivity contribution in [3.63, 3.8) is 0 Å². The molecule has 30 heavy (non-hydrogen) atoms. The number of hydrogen-bond acceptors (Lipinski definition) is 6. The second-order valence-corrected chi connectivity index (χ2v) is 9.40. The van der Waals surface area contributed by atoms with Crippen molar-refractivity contribution >= 4 is 50.5 Å². The fraction of sp³-hybridized carbons (Fsp3) is 0.278. The second kappa shape index (κ2) is 9.17. The van der Waals surface area contributed by atoms with E-state index in [4.69, 9.17) is 23.2 Å². The van der Waals surface area contributed by atoms with Crippen molar-refractivity contribution in [3.05, 3.63) is 62.1 Å². The summed E-state index contributed by atoms with van der Waals surface area (Å²) in [6, 6.07) is 8.25. The van der Waals surface area contributed by atoms with Crippen molar-refractivity contribution in [1.82, 2.24) is 9.73 Å². The fourth-order valence-corrected chi connectivity index (χ4v) is 4.88. The Hall–Kier alpha value is -2.40. The number of hydrogen-bond donors (Lipinski definition) is 2. The number of sulfonamides is 1. The number of nitro groups is 1. The zero-order chi connectivity index (χ0) is 21.9. The van der Waals surface area contributed by atoms with Crippen molar-refractivity contribution < 1.29 is 18.1 Å². The molecule has 0 bridgehead atoms. The van der Waals surface area contributed by atoms with Gasteiger partial charge in [0.1, 0.15) is 5.69 Å². The first-order valence-corrected chi connectivity index (χ1v) is 11.2. The maximum absolute atomic E-state index is 12.6. The molecule has 0 unspecified atom stereocenters. The minimum Gasteiger partial charge on any atom is -0.292 e. The third kappa shape index (κ3) is 5.01. The number of nitrogens with zero attached hydrogens (tertiary/aromatic N) is 2. The minimum absolute atomic E-state index is 0.0390. The number of hydrazine groups is 1. The Kier molecular flexibility index (Phi) is 6.81. The number of rotatable bonds is 7. The van der Waals surface area contributed by atoms with E-state index in [-0.39, 0.29) is 17.0 Å². The molecule has 1 aliphatic rings. The maximum atomic E-state index is 12.6. The van der Waals surface area contributed by atoms with Crippen LogP contribution in [0.5, 0.6) is 0 Å². The molecule has 2 aromatic rings. The smallest absolute Gasteiger partial charge is 0.292 e. The van der Waals surface area contributed by atoms with Crippen molar-refractivity contribution in [2.75, 3.05) is 18.5 Å². The lowest BCUT2D eigenvalue weighted by Crippen LogP contribution is -2.31. The molecule has 1 fully saturated rings. The van der Waals surface area contributed by atoms with Crippen molar-refractivity contribution in [2.24, 2.45) is 0 Å². The van der Waals surface area contributed by atoms with Crippen LogP contribution in [-0.4, -0.2) is 36.6 Å². The molecule has 0 aliphatic carbocycles. The van der Waals surface area contributed by atoms with E-state index in [1.807, 2.05) is 0 Å². The quantitative estimate of drug-likeness (QED) is 0.470. The summed E-state index contributed by atoms with van der Waals surface area (Å²) in [4.78, 5) is 22.7. The fourth-order valence-electron chi connectivity index (χ4n) is 3.02. The number of carbonyl (C=O) groups is 1. The van der Waals surface area contributed by atoms with Crippen molar-refractivity contribution in [3.8, 4) is 0 Å². The molecule has 2 N–H and O–H groups in total. The molecular weight excluding hydrogens is 455 g/mol. The van der Waals surface area contributed by atoms with E-state index in [2.05, 4.69) is 10.9 Å². The summed E-state index contributed by atoms with van der Waals surface area (Å²) in [5.41, 5.74) is 4.94. The molecule has 1 heterocycles. The van der Waals surface area contributed by atoms with Gasteiger partial charge in [-0.3, -0.25) is 25.8 Å². The van der Waals surface area contributed by atoms with E-state index >= 15 is 0 Å². The van der Waals surface area contributed by atoms with E-state index in [0.29, 0.717) is 28.7 Å². The summed E-state index contributed by atoms with van der Waals surface area (Å²) in [5, 5.41) is 12.1. The molecule has 12 heteroatoms. The highest BCUT2D eigenvalue weighted by Gasteiger charge is 2.29. The monoisotopic (exact) mass is 472 g/mol. The van der Waals surface area contributed by atoms with Crippen LogP contribution in [-0.2, 0) is 21.2 Å². The summed E-state index contributed by atoms with van der Waals surface area (Å²) < 4.78 is 26.6. The van der Waals surface area contributed by atoms with Gasteiger partial charge in [0.25, 0.3) is 5.69 Å². The van der Waals surface area contributed by atoms with Gasteiger partial charge in [0.2, 0.25) is 15.9 Å². The summed E-state index contributed by atoms with van der Waals surface area (Å²) in [7, 11) is -3.80. The van der Waals surface area contributed by atoms with Gasteiger partial charge in [-0.1, -0.05) is 29.3 Å². The number of anilines is 1. The van der Waals surface area contributed by atoms with Gasteiger partial charge < -0.3 is 0 Å². The zero-order valence-corrected chi connectivity index (χ0v) is 17.9. The molecule has 0 radical (unpaired) electrons. The van der Waals surface area contributed by atoms with E-state index in [0.717, 1.165) is 18.9 Å². The largest absolute Gasteiger partial charge is 0.295 e. The molecule has 2 aromatic carbocycles. The third-order valence-corrected chi connectivity index (χ3v) is 7.19. The molecule has 160 valence electrons. The molecule has 0 spiro atoms. The molecule has 1 saturated heterocycles. The summed E-state index contributed by atoms with van der Waals surface area (Å²) >= 11 is 11.8. The average Bonchev–Trinajstić information content (AvgIpc) is 3.25. The average molecular weight is 473 g/mol. The number of carbonyl (C=O) groups excluding carboxylic acids is 1. The van der Waals surface area contributed by atoms with Crippen LogP contribution in [0.1, 0.15) is 18.4 Å². The maximum Gasteiger partial charge on any atom is 0.295 e. The van der Waals surface area contributed by atoms with E-state index in [9.17, 15) is 23.3 Å². The Morgan fingerprint density at radius 3 is 2.43 bits per heavy atom. The van der Waals surface area contributed by atoms with Crippen LogP contribution in [0.15, 0.2) is 41.3 Å². The van der Waals surface area contributed by atoms with Gasteiger partial charge in [-0.25, -0.2) is 8.42 Å². The molecule has 3 rings (SSSR count). The Morgan fingerprint density at radius 2 is 1.80 bits per heavy atom. The topological polar surface area (TPSA) is 122 Å². The highest BCUT2D eigenvalue weighted by Crippen LogP contribution is 2.30. The van der Waals surface area contributed by atoms with Crippen molar-refractivity contribution in [1.29, 1.82) is 0 Å². The van der Waals surface area contributed by atoms with E-state index < -0.39 is 26.5 Å². The van der Waals surface area contributed by atoms with Crippen LogP contribution >= 0.6 is 23.2 Å². The van der Waals surface area contributed by atoms with Gasteiger partial charge in [0, 0.05) is 19.2 Å². The van der Waals surface area contributed by atoms with Crippen LogP contribution in [0.25, 0.3) is 0 Å². The van der Waals surface area contributed by atoms with Gasteiger partial charge in [0.15, 0.2) is 0 Å². The molecule has 0 aromatic heterocycles.